The molecule has 2 heterocycles. The first-order valence-corrected chi connectivity index (χ1v) is 8.71. The Morgan fingerprint density at radius 1 is 1.38 bits per heavy atom. The van der Waals surface area contributed by atoms with Crippen molar-refractivity contribution >= 4 is 23.4 Å². The summed E-state index contributed by atoms with van der Waals surface area (Å²) in [6.07, 6.45) is 0.748. The van der Waals surface area contributed by atoms with Gasteiger partial charge in [-0.25, -0.2) is 4.68 Å². The van der Waals surface area contributed by atoms with Gasteiger partial charge < -0.3 is 4.90 Å². The van der Waals surface area contributed by atoms with Gasteiger partial charge in [-0.2, -0.15) is 5.26 Å². The highest BCUT2D eigenvalue weighted by molar-refractivity contribution is 8.00. The Morgan fingerprint density at radius 2 is 2.12 bits per heavy atom. The van der Waals surface area contributed by atoms with Crippen molar-refractivity contribution in [1.29, 1.82) is 5.26 Å². The van der Waals surface area contributed by atoms with E-state index in [1.807, 2.05) is 12.1 Å². The van der Waals surface area contributed by atoms with Crippen molar-refractivity contribution in [3.05, 3.63) is 29.8 Å². The van der Waals surface area contributed by atoms with Gasteiger partial charge in [-0.3, -0.25) is 4.79 Å². The van der Waals surface area contributed by atoms with Crippen molar-refractivity contribution in [3.8, 4) is 6.07 Å². The van der Waals surface area contributed by atoms with E-state index in [1.165, 1.54) is 11.8 Å². The molecule has 0 bridgehead atoms. The molecule has 1 aromatic carbocycles. The monoisotopic (exact) mass is 342 g/mol. The lowest BCUT2D eigenvalue weighted by Gasteiger charge is -2.16. The van der Waals surface area contributed by atoms with Crippen molar-refractivity contribution in [2.24, 2.45) is 5.92 Å². The summed E-state index contributed by atoms with van der Waals surface area (Å²) < 4.78 is 1.76. The fourth-order valence-corrected chi connectivity index (χ4v) is 3.63. The Kier molecular flexibility index (Phi) is 4.81. The third-order valence-electron chi connectivity index (χ3n) is 3.75. The number of rotatable bonds is 5. The van der Waals surface area contributed by atoms with Crippen LogP contribution < -0.4 is 4.90 Å². The number of carbonyl (C=O) groups is 1. The fraction of sp³-hybridized carbons (Fsp3) is 0.438. The zero-order chi connectivity index (χ0) is 17.1. The average Bonchev–Trinajstić information content (AvgIpc) is 3.15. The molecule has 0 aliphatic carbocycles. The van der Waals surface area contributed by atoms with E-state index in [4.69, 9.17) is 5.26 Å². The first-order valence-electron chi connectivity index (χ1n) is 7.83. The third kappa shape index (κ3) is 3.41. The first kappa shape index (κ1) is 16.5. The standard InChI is InChI=1S/C16H18N6OS/c1-11(2)10-22-16(18-19-20-22)24-14-7-8-21(15(14)23)13-5-3-12(9-17)4-6-13/h3-6,11,14H,7-8,10H2,1-2H3/t14-/m1/s1. The Hall–Kier alpha value is -2.40. The number of aromatic nitrogens is 4. The van der Waals surface area contributed by atoms with Gasteiger partial charge in [0, 0.05) is 18.8 Å². The molecule has 1 aromatic heterocycles. The second-order valence-corrected chi connectivity index (χ2v) is 7.25. The molecule has 0 radical (unpaired) electrons. The molecule has 2 aromatic rings. The van der Waals surface area contributed by atoms with Gasteiger partial charge in [-0.1, -0.05) is 25.6 Å². The second-order valence-electron chi connectivity index (χ2n) is 6.08. The number of anilines is 1. The van der Waals surface area contributed by atoms with Gasteiger partial charge in [-0.15, -0.1) is 5.10 Å². The summed E-state index contributed by atoms with van der Waals surface area (Å²) in [6.45, 7) is 5.59. The highest BCUT2D eigenvalue weighted by Gasteiger charge is 2.34. The number of amides is 1. The molecule has 1 aliphatic heterocycles. The molecule has 0 unspecified atom stereocenters. The van der Waals surface area contributed by atoms with E-state index in [1.54, 1.807) is 21.7 Å². The van der Waals surface area contributed by atoms with Gasteiger partial charge in [0.15, 0.2) is 0 Å². The summed E-state index contributed by atoms with van der Waals surface area (Å²) in [5, 5.41) is 21.1. The minimum Gasteiger partial charge on any atom is -0.311 e. The van der Waals surface area contributed by atoms with Crippen molar-refractivity contribution < 1.29 is 4.79 Å². The smallest absolute Gasteiger partial charge is 0.240 e. The van der Waals surface area contributed by atoms with Crippen LogP contribution in [0.15, 0.2) is 29.4 Å². The largest absolute Gasteiger partial charge is 0.311 e. The van der Waals surface area contributed by atoms with Crippen LogP contribution in [0.1, 0.15) is 25.8 Å². The van der Waals surface area contributed by atoms with E-state index in [2.05, 4.69) is 35.4 Å². The number of carbonyl (C=O) groups excluding carboxylic acids is 1. The molecule has 1 fully saturated rings. The predicted molar refractivity (Wildman–Crippen MR) is 90.4 cm³/mol. The third-order valence-corrected chi connectivity index (χ3v) is 4.97. The molecule has 1 saturated heterocycles. The number of benzene rings is 1. The van der Waals surface area contributed by atoms with Gasteiger partial charge >= 0.3 is 0 Å². The zero-order valence-corrected chi connectivity index (χ0v) is 14.4. The van der Waals surface area contributed by atoms with Crippen LogP contribution in [-0.2, 0) is 11.3 Å². The molecule has 1 aliphatic rings. The van der Waals surface area contributed by atoms with Crippen LogP contribution in [0.3, 0.4) is 0 Å². The SMILES string of the molecule is CC(C)Cn1nnnc1S[C@@H]1CCN(c2ccc(C#N)cc2)C1=O. The zero-order valence-electron chi connectivity index (χ0n) is 13.6. The molecule has 24 heavy (non-hydrogen) atoms. The molecule has 0 saturated carbocycles. The van der Waals surface area contributed by atoms with Crippen LogP contribution in [0.25, 0.3) is 0 Å². The summed E-state index contributed by atoms with van der Waals surface area (Å²) in [5.74, 6) is 0.492. The molecule has 0 N–H and O–H groups in total. The molecule has 7 nitrogen and oxygen atoms in total. The van der Waals surface area contributed by atoms with E-state index in [0.29, 0.717) is 23.2 Å². The van der Waals surface area contributed by atoms with E-state index in [9.17, 15) is 4.79 Å². The van der Waals surface area contributed by atoms with Gasteiger partial charge in [-0.05, 0) is 47.0 Å². The van der Waals surface area contributed by atoms with Crippen molar-refractivity contribution in [2.75, 3.05) is 11.4 Å². The number of nitriles is 1. The summed E-state index contributed by atoms with van der Waals surface area (Å²) in [5.41, 5.74) is 1.41. The molecule has 1 atom stereocenters. The van der Waals surface area contributed by atoms with Gasteiger partial charge in [0.2, 0.25) is 11.1 Å². The van der Waals surface area contributed by atoms with E-state index < -0.39 is 0 Å². The van der Waals surface area contributed by atoms with Crippen LogP contribution in [0.2, 0.25) is 0 Å². The molecule has 3 rings (SSSR count). The molecular formula is C16H18N6OS. The Balaban J connectivity index is 1.70. The van der Waals surface area contributed by atoms with Gasteiger partial charge in [0.1, 0.15) is 0 Å². The Labute approximate surface area is 144 Å². The number of nitrogens with zero attached hydrogens (tertiary/aromatic N) is 6. The average molecular weight is 342 g/mol. The maximum atomic E-state index is 12.7. The summed E-state index contributed by atoms with van der Waals surface area (Å²) in [7, 11) is 0. The van der Waals surface area contributed by atoms with Crippen LogP contribution in [0, 0.1) is 17.2 Å². The molecule has 8 heteroatoms. The number of hydrogen-bond acceptors (Lipinski definition) is 6. The fourth-order valence-electron chi connectivity index (χ4n) is 2.60. The lowest BCUT2D eigenvalue weighted by atomic mass is 10.2. The van der Waals surface area contributed by atoms with Crippen molar-refractivity contribution in [1.82, 2.24) is 20.2 Å². The highest BCUT2D eigenvalue weighted by atomic mass is 32.2. The van der Waals surface area contributed by atoms with E-state index in [0.717, 1.165) is 18.7 Å². The van der Waals surface area contributed by atoms with Crippen LogP contribution in [-0.4, -0.2) is 37.9 Å². The summed E-state index contributed by atoms with van der Waals surface area (Å²) in [6, 6.07) is 9.16. The molecular weight excluding hydrogens is 324 g/mol. The molecule has 124 valence electrons. The van der Waals surface area contributed by atoms with Crippen molar-refractivity contribution in [2.45, 2.75) is 37.2 Å². The lowest BCUT2D eigenvalue weighted by Crippen LogP contribution is -2.28. The summed E-state index contributed by atoms with van der Waals surface area (Å²) >= 11 is 1.42. The van der Waals surface area contributed by atoms with Crippen LogP contribution in [0.5, 0.6) is 0 Å². The van der Waals surface area contributed by atoms with E-state index >= 15 is 0 Å². The maximum absolute atomic E-state index is 12.7. The number of hydrogen-bond donors (Lipinski definition) is 0. The van der Waals surface area contributed by atoms with Crippen LogP contribution >= 0.6 is 11.8 Å². The molecule has 0 spiro atoms. The normalized spacial score (nSPS) is 17.5. The number of thioether (sulfide) groups is 1. The quantitative estimate of drug-likeness (QED) is 0.827. The van der Waals surface area contributed by atoms with Gasteiger partial charge in [0.25, 0.3) is 0 Å². The minimum absolute atomic E-state index is 0.0591. The van der Waals surface area contributed by atoms with E-state index in [-0.39, 0.29) is 11.2 Å². The first-order chi connectivity index (χ1) is 11.6. The van der Waals surface area contributed by atoms with Gasteiger partial charge in [0.05, 0.1) is 16.9 Å². The highest BCUT2D eigenvalue weighted by Crippen LogP contribution is 2.32. The summed E-state index contributed by atoms with van der Waals surface area (Å²) in [4.78, 5) is 14.4. The number of tetrazole rings is 1. The maximum Gasteiger partial charge on any atom is 0.240 e. The Bertz CT molecular complexity index is 764. The predicted octanol–water partition coefficient (Wildman–Crippen LogP) is 2.10. The lowest BCUT2D eigenvalue weighted by molar-refractivity contribution is -0.116. The second kappa shape index (κ2) is 7.01. The molecule has 1 amide bonds. The Morgan fingerprint density at radius 3 is 2.79 bits per heavy atom. The van der Waals surface area contributed by atoms with Crippen LogP contribution in [0.4, 0.5) is 5.69 Å². The van der Waals surface area contributed by atoms with Crippen molar-refractivity contribution in [3.63, 3.8) is 0 Å². The minimum atomic E-state index is -0.183. The topological polar surface area (TPSA) is 87.7 Å².